The highest BCUT2D eigenvalue weighted by Gasteiger charge is 2.34. The molecule has 126 valence electrons. The quantitative estimate of drug-likeness (QED) is 0.889. The second-order valence-electron chi connectivity index (χ2n) is 5.92. The molecular weight excluding hydrogens is 342 g/mol. The van der Waals surface area contributed by atoms with Gasteiger partial charge in [-0.15, -0.1) is 11.8 Å². The monoisotopic (exact) mass is 361 g/mol. The van der Waals surface area contributed by atoms with Crippen LogP contribution in [0.1, 0.15) is 22.7 Å². The number of nitrogens with one attached hydrogen (secondary N) is 1. The minimum absolute atomic E-state index is 0.0549. The van der Waals surface area contributed by atoms with Crippen molar-refractivity contribution in [1.29, 1.82) is 0 Å². The molecule has 1 amide bonds. The van der Waals surface area contributed by atoms with Gasteiger partial charge in [0.05, 0.1) is 22.4 Å². The van der Waals surface area contributed by atoms with Gasteiger partial charge < -0.3 is 5.32 Å². The van der Waals surface area contributed by atoms with E-state index in [1.54, 1.807) is 24.3 Å². The molecule has 1 unspecified atom stereocenters. The number of benzene rings is 2. The number of fused-ring (bicyclic) bond motifs is 1. The summed E-state index contributed by atoms with van der Waals surface area (Å²) in [7, 11) is -3.29. The van der Waals surface area contributed by atoms with Crippen LogP contribution in [0.4, 0.5) is 0 Å². The fraction of sp³-hybridized carbons (Fsp3) is 0.278. The Labute approximate surface area is 146 Å². The first-order valence-corrected chi connectivity index (χ1v) is 10.5. The third-order valence-electron chi connectivity index (χ3n) is 3.94. The van der Waals surface area contributed by atoms with E-state index in [4.69, 9.17) is 0 Å². The molecule has 1 heterocycles. The summed E-state index contributed by atoms with van der Waals surface area (Å²) in [5, 5.41) is 2.85. The number of sulfone groups is 1. The summed E-state index contributed by atoms with van der Waals surface area (Å²) in [6.07, 6.45) is 0. The number of rotatable bonds is 5. The Bertz CT molecular complexity index is 862. The van der Waals surface area contributed by atoms with Crippen LogP contribution in [0.15, 0.2) is 53.4 Å². The lowest BCUT2D eigenvalue weighted by molar-refractivity contribution is -0.119. The summed E-state index contributed by atoms with van der Waals surface area (Å²) in [5.74, 6) is 0.881. The first-order chi connectivity index (χ1) is 11.5. The van der Waals surface area contributed by atoms with Crippen LogP contribution in [0.3, 0.4) is 0 Å². The Morgan fingerprint density at radius 1 is 1.21 bits per heavy atom. The molecule has 1 aliphatic rings. The topological polar surface area (TPSA) is 63.2 Å². The van der Waals surface area contributed by atoms with E-state index in [0.29, 0.717) is 16.2 Å². The predicted octanol–water partition coefficient (Wildman–Crippen LogP) is 2.87. The summed E-state index contributed by atoms with van der Waals surface area (Å²) >= 11 is 1.53. The molecule has 1 aliphatic heterocycles. The van der Waals surface area contributed by atoms with Gasteiger partial charge in [0.2, 0.25) is 5.91 Å². The third kappa shape index (κ3) is 3.82. The van der Waals surface area contributed by atoms with Gasteiger partial charge in [-0.2, -0.15) is 0 Å². The molecular formula is C18H19NO3S2. The molecule has 4 nitrogen and oxygen atoms in total. The Morgan fingerprint density at radius 2 is 2.00 bits per heavy atom. The average molecular weight is 361 g/mol. The van der Waals surface area contributed by atoms with Crippen molar-refractivity contribution in [2.24, 2.45) is 0 Å². The second kappa shape index (κ2) is 6.99. The molecule has 0 aliphatic carbocycles. The van der Waals surface area contributed by atoms with E-state index < -0.39 is 15.9 Å². The van der Waals surface area contributed by atoms with Crippen LogP contribution >= 0.6 is 11.8 Å². The first kappa shape index (κ1) is 17.0. The maximum atomic E-state index is 12.2. The molecule has 0 radical (unpaired) electrons. The van der Waals surface area contributed by atoms with Crippen molar-refractivity contribution in [2.45, 2.75) is 23.6 Å². The van der Waals surface area contributed by atoms with E-state index in [1.165, 1.54) is 22.9 Å². The van der Waals surface area contributed by atoms with Gasteiger partial charge >= 0.3 is 0 Å². The van der Waals surface area contributed by atoms with Crippen LogP contribution in [0, 0.1) is 6.92 Å². The van der Waals surface area contributed by atoms with E-state index in [-0.39, 0.29) is 11.7 Å². The van der Waals surface area contributed by atoms with E-state index in [9.17, 15) is 13.2 Å². The minimum atomic E-state index is -3.29. The van der Waals surface area contributed by atoms with Crippen molar-refractivity contribution in [3.63, 3.8) is 0 Å². The van der Waals surface area contributed by atoms with E-state index in [1.807, 2.05) is 25.1 Å². The van der Waals surface area contributed by atoms with Gasteiger partial charge in [-0.05, 0) is 24.1 Å². The smallest absolute Gasteiger partial charge is 0.230 e. The van der Waals surface area contributed by atoms with E-state index in [0.717, 1.165) is 5.75 Å². The van der Waals surface area contributed by atoms with E-state index >= 15 is 0 Å². The van der Waals surface area contributed by atoms with Crippen LogP contribution in [0.25, 0.3) is 0 Å². The van der Waals surface area contributed by atoms with Crippen molar-refractivity contribution in [1.82, 2.24) is 5.32 Å². The van der Waals surface area contributed by atoms with Crippen LogP contribution in [0.2, 0.25) is 0 Å². The Balaban J connectivity index is 1.56. The molecule has 1 N–H and O–H groups in total. The molecule has 1 atom stereocenters. The van der Waals surface area contributed by atoms with Gasteiger partial charge in [0.25, 0.3) is 0 Å². The van der Waals surface area contributed by atoms with Crippen molar-refractivity contribution < 1.29 is 13.2 Å². The number of hydrogen-bond donors (Lipinski definition) is 1. The zero-order valence-electron chi connectivity index (χ0n) is 13.4. The Kier molecular flexibility index (Phi) is 4.96. The lowest BCUT2D eigenvalue weighted by Crippen LogP contribution is -2.31. The second-order valence-corrected chi connectivity index (χ2v) is 8.91. The molecule has 3 rings (SSSR count). The van der Waals surface area contributed by atoms with Gasteiger partial charge in [-0.3, -0.25) is 4.79 Å². The SMILES string of the molecule is Cc1cccc(CSCC(=O)NC2CS(=O)(=O)c3ccccc32)c1. The van der Waals surface area contributed by atoms with Crippen molar-refractivity contribution >= 4 is 27.5 Å². The molecule has 0 bridgehead atoms. The highest BCUT2D eigenvalue weighted by molar-refractivity contribution is 7.99. The summed E-state index contributed by atoms with van der Waals surface area (Å²) in [4.78, 5) is 12.5. The molecule has 0 saturated heterocycles. The van der Waals surface area contributed by atoms with Crippen molar-refractivity contribution in [2.75, 3.05) is 11.5 Å². The fourth-order valence-electron chi connectivity index (χ4n) is 2.87. The summed E-state index contributed by atoms with van der Waals surface area (Å²) in [6, 6.07) is 14.6. The molecule has 2 aromatic carbocycles. The first-order valence-electron chi connectivity index (χ1n) is 7.70. The van der Waals surface area contributed by atoms with Gasteiger partial charge in [0.15, 0.2) is 9.84 Å². The maximum absolute atomic E-state index is 12.2. The molecule has 0 fully saturated rings. The van der Waals surface area contributed by atoms with Crippen molar-refractivity contribution in [3.05, 3.63) is 65.2 Å². The van der Waals surface area contributed by atoms with Crippen LogP contribution in [0.5, 0.6) is 0 Å². The van der Waals surface area contributed by atoms with Gasteiger partial charge in [-0.25, -0.2) is 8.42 Å². The molecule has 2 aromatic rings. The summed E-state index contributed by atoms with van der Waals surface area (Å²) < 4.78 is 24.2. The number of carbonyl (C=O) groups is 1. The standard InChI is InChI=1S/C18H19NO3S2/c1-13-5-4-6-14(9-13)10-23-11-18(20)19-16-12-24(21,22)17-8-3-2-7-15(16)17/h2-9,16H,10-12H2,1H3,(H,19,20). The zero-order valence-corrected chi connectivity index (χ0v) is 15.0. The lowest BCUT2D eigenvalue weighted by Gasteiger charge is -2.12. The van der Waals surface area contributed by atoms with Gasteiger partial charge in [0, 0.05) is 5.75 Å². The predicted molar refractivity (Wildman–Crippen MR) is 96.7 cm³/mol. The number of amides is 1. The van der Waals surface area contributed by atoms with Crippen LogP contribution in [-0.4, -0.2) is 25.8 Å². The summed E-state index contributed by atoms with van der Waals surface area (Å²) in [5.41, 5.74) is 3.07. The Hall–Kier alpha value is -1.79. The molecule has 24 heavy (non-hydrogen) atoms. The highest BCUT2D eigenvalue weighted by atomic mass is 32.2. The van der Waals surface area contributed by atoms with Gasteiger partial charge in [0.1, 0.15) is 0 Å². The third-order valence-corrected chi connectivity index (χ3v) is 6.75. The minimum Gasteiger partial charge on any atom is -0.347 e. The number of aryl methyl sites for hydroxylation is 1. The normalized spacial score (nSPS) is 18.1. The molecule has 0 aromatic heterocycles. The number of thioether (sulfide) groups is 1. The van der Waals surface area contributed by atoms with Gasteiger partial charge in [-0.1, -0.05) is 48.0 Å². The molecule has 0 saturated carbocycles. The van der Waals surface area contributed by atoms with Crippen LogP contribution in [-0.2, 0) is 20.4 Å². The number of carbonyl (C=O) groups excluding carboxylic acids is 1. The van der Waals surface area contributed by atoms with Crippen molar-refractivity contribution in [3.8, 4) is 0 Å². The van der Waals surface area contributed by atoms with Crippen LogP contribution < -0.4 is 5.32 Å². The highest BCUT2D eigenvalue weighted by Crippen LogP contribution is 2.32. The van der Waals surface area contributed by atoms with E-state index in [2.05, 4.69) is 11.4 Å². The summed E-state index contributed by atoms with van der Waals surface area (Å²) in [6.45, 7) is 2.04. The largest absolute Gasteiger partial charge is 0.347 e. The number of hydrogen-bond acceptors (Lipinski definition) is 4. The zero-order chi connectivity index (χ0) is 17.2. The molecule has 6 heteroatoms. The average Bonchev–Trinajstić information content (AvgIpc) is 2.79. The Morgan fingerprint density at radius 3 is 2.79 bits per heavy atom. The fourth-order valence-corrected chi connectivity index (χ4v) is 5.39. The lowest BCUT2D eigenvalue weighted by atomic mass is 10.1. The maximum Gasteiger partial charge on any atom is 0.230 e. The molecule has 0 spiro atoms.